The van der Waals surface area contributed by atoms with Crippen LogP contribution in [-0.4, -0.2) is 25.2 Å². The van der Waals surface area contributed by atoms with Crippen LogP contribution < -0.4 is 5.32 Å². The molecule has 0 radical (unpaired) electrons. The van der Waals surface area contributed by atoms with Gasteiger partial charge in [0.05, 0.1) is 12.5 Å². The molecule has 0 aromatic rings. The predicted octanol–water partition coefficient (Wildman–Crippen LogP) is 0.938. The number of carbonyl (C=O) groups is 1. The highest BCUT2D eigenvalue weighted by molar-refractivity contribution is 5.75. The lowest BCUT2D eigenvalue weighted by atomic mass is 10.1. The molecule has 1 aliphatic heterocycles. The zero-order valence-electron chi connectivity index (χ0n) is 8.08. The largest absolute Gasteiger partial charge is 0.466 e. The van der Waals surface area contributed by atoms with E-state index < -0.39 is 0 Å². The topological polar surface area (TPSA) is 38.3 Å². The van der Waals surface area contributed by atoms with Crippen LogP contribution in [0.25, 0.3) is 0 Å². The first-order valence-corrected chi connectivity index (χ1v) is 5.23. The third-order valence-electron chi connectivity index (χ3n) is 3.04. The smallest absolute Gasteiger partial charge is 0.309 e. The van der Waals surface area contributed by atoms with E-state index in [0.717, 1.165) is 13.0 Å². The second-order valence-electron chi connectivity index (χ2n) is 3.96. The molecule has 0 aromatic heterocycles. The highest BCUT2D eigenvalue weighted by Crippen LogP contribution is 2.44. The van der Waals surface area contributed by atoms with Crippen molar-refractivity contribution >= 4 is 5.97 Å². The van der Waals surface area contributed by atoms with Crippen molar-refractivity contribution in [2.75, 3.05) is 13.2 Å². The van der Waals surface area contributed by atoms with Gasteiger partial charge in [-0.1, -0.05) is 0 Å². The number of nitrogens with one attached hydrogen (secondary N) is 1. The van der Waals surface area contributed by atoms with Crippen molar-refractivity contribution < 1.29 is 9.53 Å². The maximum atomic E-state index is 11.3. The van der Waals surface area contributed by atoms with E-state index in [1.54, 1.807) is 0 Å². The van der Waals surface area contributed by atoms with Gasteiger partial charge in [0.1, 0.15) is 0 Å². The number of hydrogen-bond donors (Lipinski definition) is 1. The van der Waals surface area contributed by atoms with Gasteiger partial charge < -0.3 is 10.1 Å². The summed E-state index contributed by atoms with van der Waals surface area (Å²) in [7, 11) is 0. The van der Waals surface area contributed by atoms with Crippen LogP contribution in [0.3, 0.4) is 0 Å². The van der Waals surface area contributed by atoms with Crippen LogP contribution in [0, 0.1) is 11.8 Å². The number of carbonyl (C=O) groups excluding carboxylic acids is 1. The average molecular weight is 183 g/mol. The van der Waals surface area contributed by atoms with Gasteiger partial charge >= 0.3 is 5.97 Å². The van der Waals surface area contributed by atoms with Crippen molar-refractivity contribution in [3.05, 3.63) is 0 Å². The molecular formula is C10H17NO2. The Hall–Kier alpha value is -0.570. The zero-order chi connectivity index (χ0) is 9.26. The van der Waals surface area contributed by atoms with E-state index in [2.05, 4.69) is 5.32 Å². The molecule has 0 aromatic carbocycles. The van der Waals surface area contributed by atoms with Crippen molar-refractivity contribution in [1.82, 2.24) is 5.32 Å². The molecule has 1 heterocycles. The predicted molar refractivity (Wildman–Crippen MR) is 49.3 cm³/mol. The Balaban J connectivity index is 1.77. The van der Waals surface area contributed by atoms with Gasteiger partial charge in [-0.3, -0.25) is 4.79 Å². The number of ether oxygens (including phenoxy) is 1. The third kappa shape index (κ3) is 1.85. The summed E-state index contributed by atoms with van der Waals surface area (Å²) < 4.78 is 4.99. The minimum absolute atomic E-state index is 0.0150. The first-order chi connectivity index (χ1) is 6.33. The van der Waals surface area contributed by atoms with Crippen molar-refractivity contribution in [3.8, 4) is 0 Å². The molecule has 74 valence electrons. The second kappa shape index (κ2) is 3.66. The standard InChI is InChI=1S/C10H17NO2/c1-2-13-10(12)8-6-7(8)9-4-3-5-11-9/h7-9,11H,2-6H2,1H3/t7-,8-,9?/m1/s1. The molecule has 1 N–H and O–H groups in total. The van der Waals surface area contributed by atoms with Gasteiger partial charge in [-0.15, -0.1) is 0 Å². The molecule has 2 rings (SSSR count). The fourth-order valence-electron chi connectivity index (χ4n) is 2.26. The molecule has 3 nitrogen and oxygen atoms in total. The normalized spacial score (nSPS) is 37.5. The highest BCUT2D eigenvalue weighted by Gasteiger charge is 2.48. The summed E-state index contributed by atoms with van der Waals surface area (Å²) in [6, 6.07) is 0.592. The van der Waals surface area contributed by atoms with Gasteiger partial charge in [-0.2, -0.15) is 0 Å². The molecule has 3 atom stereocenters. The summed E-state index contributed by atoms with van der Waals surface area (Å²) >= 11 is 0. The summed E-state index contributed by atoms with van der Waals surface area (Å²) in [5.74, 6) is 0.790. The molecule has 0 spiro atoms. The van der Waals surface area contributed by atoms with Crippen LogP contribution in [0.4, 0.5) is 0 Å². The summed E-state index contributed by atoms with van der Waals surface area (Å²) in [4.78, 5) is 11.3. The van der Waals surface area contributed by atoms with Crippen LogP contribution >= 0.6 is 0 Å². The summed E-state index contributed by atoms with van der Waals surface area (Å²) in [5.41, 5.74) is 0. The number of rotatable bonds is 3. The lowest BCUT2D eigenvalue weighted by molar-refractivity contribution is -0.145. The quantitative estimate of drug-likeness (QED) is 0.662. The van der Waals surface area contributed by atoms with E-state index in [1.807, 2.05) is 6.92 Å². The van der Waals surface area contributed by atoms with Crippen molar-refractivity contribution in [2.45, 2.75) is 32.2 Å². The van der Waals surface area contributed by atoms with E-state index in [1.165, 1.54) is 12.8 Å². The summed E-state index contributed by atoms with van der Waals surface area (Å²) in [6.07, 6.45) is 3.54. The molecule has 2 fully saturated rings. The molecule has 0 amide bonds. The molecular weight excluding hydrogens is 166 g/mol. The number of hydrogen-bond acceptors (Lipinski definition) is 3. The Labute approximate surface area is 78.8 Å². The van der Waals surface area contributed by atoms with Gasteiger partial charge in [0.25, 0.3) is 0 Å². The Bertz CT molecular complexity index is 199. The highest BCUT2D eigenvalue weighted by atomic mass is 16.5. The summed E-state index contributed by atoms with van der Waals surface area (Å²) in [5, 5.41) is 3.44. The monoisotopic (exact) mass is 183 g/mol. The van der Waals surface area contributed by atoms with Crippen LogP contribution in [0.2, 0.25) is 0 Å². The average Bonchev–Trinajstić information content (AvgIpc) is 2.74. The SMILES string of the molecule is CCOC(=O)[C@@H]1C[C@H]1C1CCCN1. The Kier molecular flexibility index (Phi) is 2.54. The molecule has 1 saturated heterocycles. The summed E-state index contributed by atoms with van der Waals surface area (Å²) in [6.45, 7) is 3.50. The van der Waals surface area contributed by atoms with E-state index in [4.69, 9.17) is 4.74 Å². The fourth-order valence-corrected chi connectivity index (χ4v) is 2.26. The number of esters is 1. The van der Waals surface area contributed by atoms with Crippen molar-refractivity contribution in [1.29, 1.82) is 0 Å². The molecule has 3 heteroatoms. The van der Waals surface area contributed by atoms with Crippen LogP contribution in [-0.2, 0) is 9.53 Å². The van der Waals surface area contributed by atoms with Crippen LogP contribution in [0.1, 0.15) is 26.2 Å². The van der Waals surface area contributed by atoms with Gasteiger partial charge in [-0.05, 0) is 38.6 Å². The third-order valence-corrected chi connectivity index (χ3v) is 3.04. The van der Waals surface area contributed by atoms with E-state index in [-0.39, 0.29) is 11.9 Å². The van der Waals surface area contributed by atoms with E-state index in [9.17, 15) is 4.79 Å². The fraction of sp³-hybridized carbons (Fsp3) is 0.900. The second-order valence-corrected chi connectivity index (χ2v) is 3.96. The minimum atomic E-state index is 0.0150. The maximum absolute atomic E-state index is 11.3. The molecule has 0 bridgehead atoms. The van der Waals surface area contributed by atoms with Gasteiger partial charge in [0.15, 0.2) is 0 Å². The Morgan fingerprint density at radius 3 is 3.08 bits per heavy atom. The first kappa shape index (κ1) is 9.00. The maximum Gasteiger partial charge on any atom is 0.309 e. The van der Waals surface area contributed by atoms with Crippen molar-refractivity contribution in [3.63, 3.8) is 0 Å². The zero-order valence-corrected chi connectivity index (χ0v) is 8.08. The lowest BCUT2D eigenvalue weighted by Crippen LogP contribution is -2.25. The minimum Gasteiger partial charge on any atom is -0.466 e. The van der Waals surface area contributed by atoms with E-state index >= 15 is 0 Å². The van der Waals surface area contributed by atoms with E-state index in [0.29, 0.717) is 18.6 Å². The lowest BCUT2D eigenvalue weighted by Gasteiger charge is -2.08. The van der Waals surface area contributed by atoms with Gasteiger partial charge in [0.2, 0.25) is 0 Å². The van der Waals surface area contributed by atoms with Crippen LogP contribution in [0.5, 0.6) is 0 Å². The van der Waals surface area contributed by atoms with Crippen molar-refractivity contribution in [2.24, 2.45) is 11.8 Å². The van der Waals surface area contributed by atoms with Crippen LogP contribution in [0.15, 0.2) is 0 Å². The molecule has 2 aliphatic rings. The van der Waals surface area contributed by atoms with Gasteiger partial charge in [-0.25, -0.2) is 0 Å². The van der Waals surface area contributed by atoms with Gasteiger partial charge in [0, 0.05) is 6.04 Å². The first-order valence-electron chi connectivity index (χ1n) is 5.23. The molecule has 1 unspecified atom stereocenters. The Morgan fingerprint density at radius 2 is 2.46 bits per heavy atom. The molecule has 1 aliphatic carbocycles. The Morgan fingerprint density at radius 1 is 1.62 bits per heavy atom. The molecule has 13 heavy (non-hydrogen) atoms. The molecule has 1 saturated carbocycles.